The fourth-order valence-electron chi connectivity index (χ4n) is 6.80. The Kier molecular flexibility index (Phi) is 7.09. The van der Waals surface area contributed by atoms with Crippen LogP contribution in [0.2, 0.25) is 13.1 Å². The highest BCUT2D eigenvalue weighted by atomic mass is 28.3. The van der Waals surface area contributed by atoms with Gasteiger partial charge >= 0.3 is 0 Å². The molecule has 2 aliphatic carbocycles. The first kappa shape index (κ1) is 24.5. The van der Waals surface area contributed by atoms with Gasteiger partial charge in [0.1, 0.15) is 12.4 Å². The smallest absolute Gasteiger partial charge is 0.205 e. The molecular formula is C29H41O3Si. The molecule has 179 valence electrons. The first-order chi connectivity index (χ1) is 15.6. The zero-order valence-electron chi connectivity index (χ0n) is 21.2. The van der Waals surface area contributed by atoms with Gasteiger partial charge in [0.05, 0.1) is 12.2 Å². The van der Waals surface area contributed by atoms with Crippen LogP contribution in [-0.2, 0) is 11.0 Å². The summed E-state index contributed by atoms with van der Waals surface area (Å²) in [6.07, 6.45) is 2.90. The molecule has 2 aromatic rings. The Morgan fingerprint density at radius 3 is 2.27 bits per heavy atom. The van der Waals surface area contributed by atoms with E-state index in [1.54, 1.807) is 0 Å². The van der Waals surface area contributed by atoms with Crippen LogP contribution < -0.4 is 4.74 Å². The van der Waals surface area contributed by atoms with Crippen LogP contribution in [0.15, 0.2) is 54.6 Å². The number of benzene rings is 2. The largest absolute Gasteiger partial charge is 0.489 e. The second-order valence-corrected chi connectivity index (χ2v) is 13.7. The molecule has 4 heteroatoms. The quantitative estimate of drug-likeness (QED) is 0.475. The number of rotatable bonds is 6. The van der Waals surface area contributed by atoms with Crippen molar-refractivity contribution in [1.82, 2.24) is 0 Å². The molecule has 3 nitrogen and oxygen atoms in total. The fraction of sp³-hybridized carbons (Fsp3) is 0.586. The van der Waals surface area contributed by atoms with Crippen molar-refractivity contribution in [3.05, 3.63) is 65.7 Å². The number of ether oxygens (including phenoxy) is 1. The maximum absolute atomic E-state index is 11.7. The van der Waals surface area contributed by atoms with Gasteiger partial charge in [-0.3, -0.25) is 0 Å². The minimum Gasteiger partial charge on any atom is -0.489 e. The normalized spacial score (nSPS) is 32.1. The third-order valence-corrected chi connectivity index (χ3v) is 9.00. The van der Waals surface area contributed by atoms with Crippen LogP contribution in [0.1, 0.15) is 64.0 Å². The van der Waals surface area contributed by atoms with Gasteiger partial charge in [-0.2, -0.15) is 0 Å². The van der Waals surface area contributed by atoms with Crippen LogP contribution >= 0.6 is 0 Å². The van der Waals surface area contributed by atoms with Gasteiger partial charge in [-0.15, -0.1) is 0 Å². The Bertz CT molecular complexity index is 905. The summed E-state index contributed by atoms with van der Waals surface area (Å²) >= 11 is 0. The molecule has 1 unspecified atom stereocenters. The minimum absolute atomic E-state index is 0.0227. The fourth-order valence-corrected chi connectivity index (χ4v) is 7.70. The van der Waals surface area contributed by atoms with E-state index in [-0.39, 0.29) is 22.9 Å². The van der Waals surface area contributed by atoms with E-state index in [9.17, 15) is 5.11 Å². The SMILES string of the molecule is C[Si](C)OC1[C@H](O)[C@H](c2ccc(OCc3ccccc3)cc2)C[C@@H]2CC[C@@H](C(C)(C)C)[C@@]12C. The number of hydrogen-bond acceptors (Lipinski definition) is 3. The summed E-state index contributed by atoms with van der Waals surface area (Å²) in [5, 5.41) is 11.7. The second-order valence-electron chi connectivity index (χ2n) is 11.7. The third kappa shape index (κ3) is 4.94. The second kappa shape index (κ2) is 9.56. The van der Waals surface area contributed by atoms with Gasteiger partial charge in [-0.05, 0) is 72.9 Å². The molecule has 0 aromatic heterocycles. The highest BCUT2D eigenvalue weighted by molar-refractivity contribution is 6.48. The molecule has 33 heavy (non-hydrogen) atoms. The first-order valence-electron chi connectivity index (χ1n) is 12.5. The van der Waals surface area contributed by atoms with Gasteiger partial charge in [0.2, 0.25) is 9.04 Å². The molecule has 6 atom stereocenters. The summed E-state index contributed by atoms with van der Waals surface area (Å²) in [6.45, 7) is 14.4. The number of fused-ring (bicyclic) bond motifs is 1. The Labute approximate surface area is 202 Å². The third-order valence-electron chi connectivity index (χ3n) is 8.27. The molecule has 1 radical (unpaired) electrons. The van der Waals surface area contributed by atoms with Crippen LogP contribution in [0.3, 0.4) is 0 Å². The Hall–Kier alpha value is -1.62. The van der Waals surface area contributed by atoms with E-state index in [1.807, 2.05) is 18.2 Å². The lowest BCUT2D eigenvalue weighted by atomic mass is 9.55. The van der Waals surface area contributed by atoms with Crippen LogP contribution in [0.5, 0.6) is 5.75 Å². The molecule has 4 rings (SSSR count). The lowest BCUT2D eigenvalue weighted by Crippen LogP contribution is -2.58. The number of aliphatic hydroxyl groups is 1. The number of aliphatic hydroxyl groups excluding tert-OH is 1. The van der Waals surface area contributed by atoms with Gasteiger partial charge in [0.15, 0.2) is 0 Å². The standard InChI is InChI=1S/C29H41O3Si/c1-28(2,3)25-17-14-22-18-24(26(30)27(29(22,25)4)32-33(5)6)21-12-15-23(16-13-21)31-19-20-10-8-7-9-11-20/h7-13,15-16,22,24-27,30H,14,17-19H2,1-6H3/t22-,24-,25-,26+,27?,29-/m0/s1. The van der Waals surface area contributed by atoms with E-state index in [2.05, 4.69) is 77.2 Å². The first-order valence-corrected chi connectivity index (χ1v) is 14.9. The summed E-state index contributed by atoms with van der Waals surface area (Å²) in [5.74, 6) is 2.12. The average molecular weight is 466 g/mol. The average Bonchev–Trinajstić information content (AvgIpc) is 3.12. The molecule has 0 amide bonds. The Morgan fingerprint density at radius 2 is 1.67 bits per heavy atom. The molecule has 2 aromatic carbocycles. The highest BCUT2D eigenvalue weighted by Gasteiger charge is 2.61. The van der Waals surface area contributed by atoms with E-state index >= 15 is 0 Å². The van der Waals surface area contributed by atoms with E-state index in [0.29, 0.717) is 18.4 Å². The summed E-state index contributed by atoms with van der Waals surface area (Å²) in [5.41, 5.74) is 2.60. The summed E-state index contributed by atoms with van der Waals surface area (Å²) in [4.78, 5) is 0. The van der Waals surface area contributed by atoms with Crippen molar-refractivity contribution >= 4 is 9.04 Å². The van der Waals surface area contributed by atoms with Gasteiger partial charge in [0.25, 0.3) is 0 Å². The summed E-state index contributed by atoms with van der Waals surface area (Å²) in [6, 6.07) is 18.6. The van der Waals surface area contributed by atoms with E-state index in [1.165, 1.54) is 18.4 Å². The molecule has 0 heterocycles. The molecule has 2 aliphatic rings. The monoisotopic (exact) mass is 465 g/mol. The van der Waals surface area contributed by atoms with E-state index in [0.717, 1.165) is 17.7 Å². The van der Waals surface area contributed by atoms with Crippen molar-refractivity contribution in [2.24, 2.45) is 22.7 Å². The molecule has 0 saturated heterocycles. The van der Waals surface area contributed by atoms with Gasteiger partial charge in [-0.25, -0.2) is 0 Å². The Morgan fingerprint density at radius 1 is 1.00 bits per heavy atom. The van der Waals surface area contributed by atoms with Gasteiger partial charge in [0, 0.05) is 11.3 Å². The van der Waals surface area contributed by atoms with Gasteiger partial charge in [-0.1, -0.05) is 70.2 Å². The van der Waals surface area contributed by atoms with Crippen molar-refractivity contribution < 1.29 is 14.3 Å². The van der Waals surface area contributed by atoms with Crippen molar-refractivity contribution in [2.45, 2.75) is 84.8 Å². The number of hydrogen-bond donors (Lipinski definition) is 1. The summed E-state index contributed by atoms with van der Waals surface area (Å²) < 4.78 is 12.6. The molecule has 0 spiro atoms. The molecular weight excluding hydrogens is 424 g/mol. The maximum Gasteiger partial charge on any atom is 0.205 e. The molecule has 2 saturated carbocycles. The predicted molar refractivity (Wildman–Crippen MR) is 137 cm³/mol. The van der Waals surface area contributed by atoms with Crippen LogP contribution in [0.25, 0.3) is 0 Å². The molecule has 1 N–H and O–H groups in total. The molecule has 0 aliphatic heterocycles. The zero-order chi connectivity index (χ0) is 23.8. The topological polar surface area (TPSA) is 38.7 Å². The lowest BCUT2D eigenvalue weighted by molar-refractivity contribution is -0.136. The van der Waals surface area contributed by atoms with Crippen molar-refractivity contribution in [3.63, 3.8) is 0 Å². The molecule has 2 fully saturated rings. The lowest BCUT2D eigenvalue weighted by Gasteiger charge is -2.55. The highest BCUT2D eigenvalue weighted by Crippen LogP contribution is 2.63. The van der Waals surface area contributed by atoms with Crippen molar-refractivity contribution in [2.75, 3.05) is 0 Å². The maximum atomic E-state index is 11.7. The van der Waals surface area contributed by atoms with Gasteiger partial charge < -0.3 is 14.3 Å². The van der Waals surface area contributed by atoms with Crippen molar-refractivity contribution in [1.29, 1.82) is 0 Å². The predicted octanol–water partition coefficient (Wildman–Crippen LogP) is 6.83. The molecule has 0 bridgehead atoms. The zero-order valence-corrected chi connectivity index (χ0v) is 22.2. The van der Waals surface area contributed by atoms with Crippen LogP contribution in [0.4, 0.5) is 0 Å². The van der Waals surface area contributed by atoms with Crippen LogP contribution in [0, 0.1) is 22.7 Å². The minimum atomic E-state index is -0.934. The van der Waals surface area contributed by atoms with Crippen LogP contribution in [-0.4, -0.2) is 26.4 Å². The Balaban J connectivity index is 1.54. The van der Waals surface area contributed by atoms with E-state index < -0.39 is 15.1 Å². The van der Waals surface area contributed by atoms with E-state index in [4.69, 9.17) is 9.16 Å². The summed E-state index contributed by atoms with van der Waals surface area (Å²) in [7, 11) is -0.934. The van der Waals surface area contributed by atoms with Crippen molar-refractivity contribution in [3.8, 4) is 5.75 Å².